The lowest BCUT2D eigenvalue weighted by molar-refractivity contribution is -0.122. The molecule has 2 aliphatic rings. The van der Waals surface area contributed by atoms with E-state index < -0.39 is 0 Å². The summed E-state index contributed by atoms with van der Waals surface area (Å²) in [7, 11) is 1.64. The summed E-state index contributed by atoms with van der Waals surface area (Å²) in [5.74, 6) is 1.31. The van der Waals surface area contributed by atoms with Crippen LogP contribution >= 0.6 is 0 Å². The largest absolute Gasteiger partial charge is 0.383 e. The van der Waals surface area contributed by atoms with Gasteiger partial charge in [0.1, 0.15) is 5.76 Å². The van der Waals surface area contributed by atoms with E-state index in [1.807, 2.05) is 11.8 Å². The highest BCUT2D eigenvalue weighted by atomic mass is 16.5. The first-order chi connectivity index (χ1) is 13.1. The third kappa shape index (κ3) is 5.31. The first kappa shape index (κ1) is 19.9. The van der Waals surface area contributed by atoms with Gasteiger partial charge in [-0.1, -0.05) is 12.1 Å². The van der Waals surface area contributed by atoms with Crippen molar-refractivity contribution in [3.05, 3.63) is 17.5 Å². The number of carbonyl (C=O) groups is 2. The fraction of sp³-hybridized carbons (Fsp3) is 0.750. The van der Waals surface area contributed by atoms with Gasteiger partial charge in [0.15, 0.2) is 5.69 Å². The van der Waals surface area contributed by atoms with Crippen molar-refractivity contribution in [2.75, 3.05) is 20.3 Å². The van der Waals surface area contributed by atoms with Crippen molar-refractivity contribution in [2.45, 2.75) is 76.3 Å². The maximum Gasteiger partial charge on any atom is 0.276 e. The summed E-state index contributed by atoms with van der Waals surface area (Å²) in [5, 5.41) is 7.12. The highest BCUT2D eigenvalue weighted by Gasteiger charge is 2.33. The Morgan fingerprint density at radius 3 is 2.63 bits per heavy atom. The number of ether oxygens (including phenoxy) is 1. The topological polar surface area (TPSA) is 84.7 Å². The number of hydrogen-bond donors (Lipinski definition) is 1. The van der Waals surface area contributed by atoms with Gasteiger partial charge in [-0.3, -0.25) is 9.59 Å². The van der Waals surface area contributed by atoms with Gasteiger partial charge >= 0.3 is 0 Å². The third-order valence-corrected chi connectivity index (χ3v) is 5.50. The Morgan fingerprint density at radius 1 is 1.26 bits per heavy atom. The number of amides is 2. The Balaban J connectivity index is 1.59. The lowest BCUT2D eigenvalue weighted by Gasteiger charge is -2.36. The van der Waals surface area contributed by atoms with Crippen molar-refractivity contribution in [3.8, 4) is 0 Å². The molecule has 1 N–H and O–H groups in total. The Kier molecular flexibility index (Phi) is 6.88. The quantitative estimate of drug-likeness (QED) is 0.715. The Hall–Kier alpha value is -1.89. The van der Waals surface area contributed by atoms with Crippen LogP contribution in [-0.2, 0) is 9.53 Å². The minimum atomic E-state index is -0.0823. The second-order valence-corrected chi connectivity index (χ2v) is 7.70. The van der Waals surface area contributed by atoms with Crippen molar-refractivity contribution < 1.29 is 18.8 Å². The van der Waals surface area contributed by atoms with Gasteiger partial charge in [0.2, 0.25) is 5.91 Å². The van der Waals surface area contributed by atoms with Gasteiger partial charge in [0.05, 0.1) is 6.61 Å². The number of methoxy groups -OCH3 is 1. The van der Waals surface area contributed by atoms with Crippen molar-refractivity contribution in [1.82, 2.24) is 15.4 Å². The lowest BCUT2D eigenvalue weighted by Crippen LogP contribution is -2.47. The number of hydrogen-bond acceptors (Lipinski definition) is 5. The van der Waals surface area contributed by atoms with Crippen LogP contribution in [0.4, 0.5) is 0 Å². The molecule has 7 heteroatoms. The number of nitrogens with zero attached hydrogens (tertiary/aromatic N) is 2. The Morgan fingerprint density at radius 2 is 2.00 bits per heavy atom. The molecule has 0 radical (unpaired) electrons. The first-order valence-corrected chi connectivity index (χ1v) is 10.2. The van der Waals surface area contributed by atoms with Crippen LogP contribution in [-0.4, -0.2) is 54.2 Å². The van der Waals surface area contributed by atoms with Crippen LogP contribution in [0.3, 0.4) is 0 Å². The van der Waals surface area contributed by atoms with Crippen LogP contribution in [0.5, 0.6) is 0 Å². The lowest BCUT2D eigenvalue weighted by atomic mass is 9.89. The molecular weight excluding hydrogens is 346 g/mol. The molecule has 0 bridgehead atoms. The zero-order chi connectivity index (χ0) is 19.2. The van der Waals surface area contributed by atoms with E-state index in [-0.39, 0.29) is 23.9 Å². The van der Waals surface area contributed by atoms with E-state index in [0.717, 1.165) is 50.7 Å². The molecule has 1 aromatic heterocycles. The van der Waals surface area contributed by atoms with Gasteiger partial charge < -0.3 is 19.5 Å². The van der Waals surface area contributed by atoms with E-state index in [1.165, 1.54) is 0 Å². The second-order valence-electron chi connectivity index (χ2n) is 7.70. The van der Waals surface area contributed by atoms with Crippen molar-refractivity contribution in [3.63, 3.8) is 0 Å². The molecule has 2 fully saturated rings. The summed E-state index contributed by atoms with van der Waals surface area (Å²) in [6.45, 7) is 3.04. The average molecular weight is 377 g/mol. The number of rotatable bonds is 9. The smallest absolute Gasteiger partial charge is 0.276 e. The summed E-state index contributed by atoms with van der Waals surface area (Å²) in [6.07, 6.45) is 7.20. The highest BCUT2D eigenvalue weighted by Crippen LogP contribution is 2.40. The Bertz CT molecular complexity index is 633. The fourth-order valence-electron chi connectivity index (χ4n) is 3.80. The van der Waals surface area contributed by atoms with Gasteiger partial charge in [0.25, 0.3) is 5.91 Å². The molecule has 0 spiro atoms. The zero-order valence-corrected chi connectivity index (χ0v) is 16.4. The van der Waals surface area contributed by atoms with Gasteiger partial charge in [-0.25, -0.2) is 0 Å². The molecule has 0 atom stereocenters. The minimum absolute atomic E-state index is 0.0823. The van der Waals surface area contributed by atoms with E-state index in [4.69, 9.17) is 9.26 Å². The molecule has 2 aliphatic carbocycles. The number of aromatic nitrogens is 1. The monoisotopic (exact) mass is 377 g/mol. The number of nitrogens with one attached hydrogen (secondary N) is 1. The molecule has 150 valence electrons. The van der Waals surface area contributed by atoms with Gasteiger partial charge in [0, 0.05) is 44.1 Å². The van der Waals surface area contributed by atoms with E-state index >= 15 is 0 Å². The van der Waals surface area contributed by atoms with Crippen LogP contribution in [0, 0.1) is 0 Å². The standard InChI is InChI=1S/C20H31N3O4/c1-3-4-19(24)21-15-7-9-16(10-8-15)23(11-12-26-2)20(25)17-13-18(27-22-17)14-5-6-14/h13-16H,3-12H2,1-2H3,(H,21,24). The molecule has 27 heavy (non-hydrogen) atoms. The first-order valence-electron chi connectivity index (χ1n) is 10.2. The highest BCUT2D eigenvalue weighted by molar-refractivity contribution is 5.92. The second kappa shape index (κ2) is 9.35. The van der Waals surface area contributed by atoms with Gasteiger partial charge in [-0.2, -0.15) is 0 Å². The fourth-order valence-corrected chi connectivity index (χ4v) is 3.80. The van der Waals surface area contributed by atoms with Crippen molar-refractivity contribution in [2.24, 2.45) is 0 Å². The molecule has 2 saturated carbocycles. The van der Waals surface area contributed by atoms with Gasteiger partial charge in [-0.05, 0) is 44.9 Å². The van der Waals surface area contributed by atoms with E-state index in [1.54, 1.807) is 13.2 Å². The summed E-state index contributed by atoms with van der Waals surface area (Å²) >= 11 is 0. The molecule has 7 nitrogen and oxygen atoms in total. The van der Waals surface area contributed by atoms with E-state index in [2.05, 4.69) is 10.5 Å². The SMILES string of the molecule is CCCC(=O)NC1CCC(N(CCOC)C(=O)c2cc(C3CC3)on2)CC1. The zero-order valence-electron chi connectivity index (χ0n) is 16.4. The maximum absolute atomic E-state index is 13.0. The van der Waals surface area contributed by atoms with Crippen LogP contribution in [0.25, 0.3) is 0 Å². The predicted octanol–water partition coefficient (Wildman–Crippen LogP) is 2.87. The predicted molar refractivity (Wildman–Crippen MR) is 100 cm³/mol. The molecule has 0 unspecified atom stereocenters. The minimum Gasteiger partial charge on any atom is -0.383 e. The third-order valence-electron chi connectivity index (χ3n) is 5.50. The summed E-state index contributed by atoms with van der Waals surface area (Å²) in [5.41, 5.74) is 0.395. The van der Waals surface area contributed by atoms with Crippen molar-refractivity contribution >= 4 is 11.8 Å². The van der Waals surface area contributed by atoms with Crippen LogP contribution in [0.2, 0.25) is 0 Å². The molecule has 0 saturated heterocycles. The molecule has 0 aliphatic heterocycles. The molecule has 1 aromatic rings. The molecule has 2 amide bonds. The van der Waals surface area contributed by atoms with Crippen LogP contribution in [0.1, 0.15) is 80.5 Å². The van der Waals surface area contributed by atoms with Crippen LogP contribution in [0.15, 0.2) is 10.6 Å². The molecule has 1 heterocycles. The molecule has 3 rings (SSSR count). The normalized spacial score (nSPS) is 22.4. The molecule has 0 aromatic carbocycles. The Labute approximate surface area is 160 Å². The number of carbonyl (C=O) groups excluding carboxylic acids is 2. The van der Waals surface area contributed by atoms with E-state index in [0.29, 0.717) is 31.2 Å². The van der Waals surface area contributed by atoms with Gasteiger partial charge in [-0.15, -0.1) is 0 Å². The molecular formula is C20H31N3O4. The maximum atomic E-state index is 13.0. The van der Waals surface area contributed by atoms with Crippen molar-refractivity contribution in [1.29, 1.82) is 0 Å². The summed E-state index contributed by atoms with van der Waals surface area (Å²) in [6, 6.07) is 2.16. The average Bonchev–Trinajstić information content (AvgIpc) is 3.40. The van der Waals surface area contributed by atoms with Crippen LogP contribution < -0.4 is 5.32 Å². The summed E-state index contributed by atoms with van der Waals surface area (Å²) in [4.78, 5) is 26.7. The summed E-state index contributed by atoms with van der Waals surface area (Å²) < 4.78 is 10.6. The van der Waals surface area contributed by atoms with E-state index in [9.17, 15) is 9.59 Å².